The van der Waals surface area contributed by atoms with Gasteiger partial charge in [-0.25, -0.2) is 4.79 Å². The number of methoxy groups -OCH3 is 1. The fourth-order valence-electron chi connectivity index (χ4n) is 3.95. The molecular weight excluding hydrogens is 524 g/mol. The molecule has 2 heterocycles. The SMILES string of the molecule is COc1ccc(-c2coc3cc(OCCSC(=S)N4CCN(C(=O)OC(C)(C)C)CC4)ccc3c2=O)cc1. The van der Waals surface area contributed by atoms with Gasteiger partial charge in [0.1, 0.15) is 33.3 Å². The Bertz CT molecular complexity index is 1340. The van der Waals surface area contributed by atoms with Gasteiger partial charge in [-0.3, -0.25) is 4.79 Å². The first-order valence-corrected chi connectivity index (χ1v) is 13.8. The fraction of sp³-hybridized carbons (Fsp3) is 0.393. The van der Waals surface area contributed by atoms with Crippen molar-refractivity contribution in [3.8, 4) is 22.6 Å². The largest absolute Gasteiger partial charge is 0.497 e. The predicted molar refractivity (Wildman–Crippen MR) is 154 cm³/mol. The van der Waals surface area contributed by atoms with E-state index in [1.54, 1.807) is 42.0 Å². The van der Waals surface area contributed by atoms with Crippen molar-refractivity contribution in [2.24, 2.45) is 0 Å². The van der Waals surface area contributed by atoms with E-state index < -0.39 is 5.60 Å². The lowest BCUT2D eigenvalue weighted by Crippen LogP contribution is -2.50. The van der Waals surface area contributed by atoms with Crippen LogP contribution in [0.5, 0.6) is 11.5 Å². The summed E-state index contributed by atoms with van der Waals surface area (Å²) >= 11 is 7.13. The minimum absolute atomic E-state index is 0.101. The molecule has 10 heteroatoms. The Balaban J connectivity index is 1.26. The van der Waals surface area contributed by atoms with E-state index in [1.165, 1.54) is 6.26 Å². The number of nitrogens with zero attached hydrogens (tertiary/aromatic N) is 2. The second kappa shape index (κ2) is 12.1. The third-order valence-corrected chi connectivity index (χ3v) is 7.40. The van der Waals surface area contributed by atoms with Crippen LogP contribution in [0.1, 0.15) is 20.8 Å². The summed E-state index contributed by atoms with van der Waals surface area (Å²) in [4.78, 5) is 29.1. The van der Waals surface area contributed by atoms with Crippen LogP contribution >= 0.6 is 24.0 Å². The van der Waals surface area contributed by atoms with Gasteiger partial charge in [0.05, 0.1) is 24.7 Å². The van der Waals surface area contributed by atoms with Crippen LogP contribution in [0.2, 0.25) is 0 Å². The van der Waals surface area contributed by atoms with Crippen molar-refractivity contribution in [2.45, 2.75) is 26.4 Å². The highest BCUT2D eigenvalue weighted by Gasteiger charge is 2.26. The van der Waals surface area contributed by atoms with Gasteiger partial charge in [-0.2, -0.15) is 0 Å². The fourth-order valence-corrected chi connectivity index (χ4v) is 5.09. The number of benzene rings is 2. The summed E-state index contributed by atoms with van der Waals surface area (Å²) < 4.78 is 23.1. The molecule has 0 atom stereocenters. The maximum atomic E-state index is 13.0. The van der Waals surface area contributed by atoms with Gasteiger partial charge >= 0.3 is 6.09 Å². The summed E-state index contributed by atoms with van der Waals surface area (Å²) in [6, 6.07) is 12.5. The van der Waals surface area contributed by atoms with E-state index in [2.05, 4.69) is 4.90 Å². The first-order chi connectivity index (χ1) is 18.1. The molecule has 1 fully saturated rings. The Kier molecular flexibility index (Phi) is 8.83. The van der Waals surface area contributed by atoms with Crippen LogP contribution in [0.15, 0.2) is 57.9 Å². The normalized spacial score (nSPS) is 13.9. The molecule has 2 aromatic carbocycles. The molecule has 1 amide bonds. The van der Waals surface area contributed by atoms with Gasteiger partial charge in [0, 0.05) is 38.0 Å². The van der Waals surface area contributed by atoms with Crippen molar-refractivity contribution >= 4 is 45.4 Å². The molecule has 202 valence electrons. The maximum Gasteiger partial charge on any atom is 0.410 e. The molecule has 1 aromatic heterocycles. The molecular formula is C28H32N2O6S2. The molecule has 0 saturated carbocycles. The number of amides is 1. The van der Waals surface area contributed by atoms with E-state index in [4.69, 9.17) is 30.8 Å². The van der Waals surface area contributed by atoms with Crippen molar-refractivity contribution < 1.29 is 23.4 Å². The molecule has 0 radical (unpaired) electrons. The standard InChI is InChI=1S/C28H32N2O6S2/c1-28(2,3)36-26(32)29-11-13-30(14-12-29)27(37)38-16-15-34-21-9-10-22-24(17-21)35-18-23(25(22)31)19-5-7-20(33-4)8-6-19/h5-10,17-18H,11-16H2,1-4H3. The number of thiocarbonyl (C=S) groups is 1. The first-order valence-electron chi connectivity index (χ1n) is 12.4. The summed E-state index contributed by atoms with van der Waals surface area (Å²) in [7, 11) is 1.60. The van der Waals surface area contributed by atoms with E-state index in [-0.39, 0.29) is 11.5 Å². The van der Waals surface area contributed by atoms with Crippen molar-refractivity contribution in [1.82, 2.24) is 9.80 Å². The minimum atomic E-state index is -0.504. The van der Waals surface area contributed by atoms with Crippen molar-refractivity contribution in [3.63, 3.8) is 0 Å². The van der Waals surface area contributed by atoms with E-state index in [9.17, 15) is 9.59 Å². The molecule has 1 saturated heterocycles. The second-order valence-electron chi connectivity index (χ2n) is 9.78. The van der Waals surface area contributed by atoms with E-state index in [0.717, 1.165) is 15.6 Å². The van der Waals surface area contributed by atoms with E-state index >= 15 is 0 Å². The zero-order chi connectivity index (χ0) is 27.3. The smallest absolute Gasteiger partial charge is 0.410 e. The minimum Gasteiger partial charge on any atom is -0.497 e. The molecule has 0 spiro atoms. The molecule has 4 rings (SSSR count). The zero-order valence-corrected chi connectivity index (χ0v) is 23.7. The van der Waals surface area contributed by atoms with Crippen LogP contribution in [-0.4, -0.2) is 71.5 Å². The Morgan fingerprint density at radius 2 is 1.68 bits per heavy atom. The lowest BCUT2D eigenvalue weighted by Gasteiger charge is -2.36. The number of carbonyl (C=O) groups is 1. The zero-order valence-electron chi connectivity index (χ0n) is 22.0. The molecule has 0 aliphatic carbocycles. The van der Waals surface area contributed by atoms with Crippen LogP contribution in [-0.2, 0) is 4.74 Å². The Labute approximate surface area is 231 Å². The molecule has 0 N–H and O–H groups in total. The topological polar surface area (TPSA) is 81.5 Å². The average Bonchev–Trinajstić information content (AvgIpc) is 2.90. The molecule has 8 nitrogen and oxygen atoms in total. The second-order valence-corrected chi connectivity index (χ2v) is 11.5. The number of rotatable bonds is 6. The highest BCUT2D eigenvalue weighted by Crippen LogP contribution is 2.25. The lowest BCUT2D eigenvalue weighted by molar-refractivity contribution is 0.0189. The summed E-state index contributed by atoms with van der Waals surface area (Å²) in [5.74, 6) is 2.01. The Morgan fingerprint density at radius 3 is 2.34 bits per heavy atom. The van der Waals surface area contributed by atoms with Gasteiger partial charge < -0.3 is 28.4 Å². The van der Waals surface area contributed by atoms with Crippen LogP contribution < -0.4 is 14.9 Å². The van der Waals surface area contributed by atoms with E-state index in [1.807, 2.05) is 45.0 Å². The predicted octanol–water partition coefficient (Wildman–Crippen LogP) is 5.42. The van der Waals surface area contributed by atoms with Crippen LogP contribution in [0.4, 0.5) is 4.79 Å². The van der Waals surface area contributed by atoms with Gasteiger partial charge in [-0.05, 0) is 50.6 Å². The van der Waals surface area contributed by atoms with Gasteiger partial charge in [0.15, 0.2) is 5.43 Å². The highest BCUT2D eigenvalue weighted by molar-refractivity contribution is 8.22. The monoisotopic (exact) mass is 556 g/mol. The molecule has 1 aliphatic rings. The Morgan fingerprint density at radius 1 is 1.03 bits per heavy atom. The molecule has 38 heavy (non-hydrogen) atoms. The van der Waals surface area contributed by atoms with Gasteiger partial charge in [0.25, 0.3) is 0 Å². The average molecular weight is 557 g/mol. The maximum absolute atomic E-state index is 13.0. The van der Waals surface area contributed by atoms with Gasteiger partial charge in [-0.15, -0.1) is 0 Å². The van der Waals surface area contributed by atoms with Crippen molar-refractivity contribution in [3.05, 3.63) is 59.0 Å². The first kappa shape index (κ1) is 27.8. The number of hydrogen-bond acceptors (Lipinski definition) is 8. The van der Waals surface area contributed by atoms with Crippen molar-refractivity contribution in [2.75, 3.05) is 45.6 Å². The number of carbonyl (C=O) groups excluding carboxylic acids is 1. The lowest BCUT2D eigenvalue weighted by atomic mass is 10.1. The summed E-state index contributed by atoms with van der Waals surface area (Å²) in [5, 5.41) is 0.492. The third-order valence-electron chi connectivity index (χ3n) is 5.91. The van der Waals surface area contributed by atoms with Gasteiger partial charge in [0.2, 0.25) is 0 Å². The number of piperazine rings is 1. The molecule has 3 aromatic rings. The Hall–Kier alpha value is -3.24. The van der Waals surface area contributed by atoms with Crippen molar-refractivity contribution in [1.29, 1.82) is 0 Å². The quantitative estimate of drug-likeness (QED) is 0.292. The van der Waals surface area contributed by atoms with Crippen LogP contribution in [0.25, 0.3) is 22.1 Å². The highest BCUT2D eigenvalue weighted by atomic mass is 32.2. The summed E-state index contributed by atoms with van der Waals surface area (Å²) in [6.45, 7) is 8.54. The van der Waals surface area contributed by atoms with Crippen LogP contribution in [0.3, 0.4) is 0 Å². The number of fused-ring (bicyclic) bond motifs is 1. The molecule has 0 bridgehead atoms. The van der Waals surface area contributed by atoms with Gasteiger partial charge in [-0.1, -0.05) is 36.1 Å². The summed E-state index contributed by atoms with van der Waals surface area (Å²) in [5.41, 5.74) is 1.12. The number of ether oxygens (including phenoxy) is 3. The third kappa shape index (κ3) is 6.99. The van der Waals surface area contributed by atoms with Crippen LogP contribution in [0, 0.1) is 0 Å². The molecule has 1 aliphatic heterocycles. The van der Waals surface area contributed by atoms with E-state index in [0.29, 0.717) is 60.8 Å². The summed E-state index contributed by atoms with van der Waals surface area (Å²) in [6.07, 6.45) is 1.19. The number of hydrogen-bond donors (Lipinski definition) is 0. The number of thioether (sulfide) groups is 1. The molecule has 0 unspecified atom stereocenters.